The number of benzene rings is 1. The third-order valence-corrected chi connectivity index (χ3v) is 3.05. The number of hydrogen-bond donors (Lipinski definition) is 2. The second kappa shape index (κ2) is 4.72. The molecule has 2 rings (SSSR count). The van der Waals surface area contributed by atoms with Crippen LogP contribution in [-0.4, -0.2) is 36.3 Å². The minimum Gasteiger partial charge on any atom is -0.508 e. The number of hydrogen-bond acceptors (Lipinski definition) is 4. The van der Waals surface area contributed by atoms with Gasteiger partial charge in [-0.05, 0) is 31.7 Å². The molecule has 0 amide bonds. The van der Waals surface area contributed by atoms with Crippen LogP contribution in [0.15, 0.2) is 18.2 Å². The van der Waals surface area contributed by atoms with Gasteiger partial charge in [0.1, 0.15) is 5.75 Å². The molecule has 0 aliphatic carbocycles. The predicted octanol–water partition coefficient (Wildman–Crippen LogP) is 1.20. The van der Waals surface area contributed by atoms with Crippen LogP contribution in [0.25, 0.3) is 0 Å². The molecule has 1 aromatic carbocycles. The van der Waals surface area contributed by atoms with Gasteiger partial charge in [-0.1, -0.05) is 0 Å². The van der Waals surface area contributed by atoms with E-state index in [1.54, 1.807) is 12.1 Å². The quantitative estimate of drug-likeness (QED) is 0.596. The molecule has 3 N–H and O–H groups in total. The van der Waals surface area contributed by atoms with E-state index in [2.05, 4.69) is 4.90 Å². The zero-order valence-electron chi connectivity index (χ0n) is 9.52. The van der Waals surface area contributed by atoms with E-state index in [0.717, 1.165) is 25.2 Å². The van der Waals surface area contributed by atoms with E-state index in [4.69, 9.17) is 10.5 Å². The second-order valence-corrected chi connectivity index (χ2v) is 4.32. The Labute approximate surface area is 95.6 Å². The van der Waals surface area contributed by atoms with Crippen LogP contribution in [0.4, 0.5) is 5.69 Å². The first-order chi connectivity index (χ1) is 7.66. The second-order valence-electron chi connectivity index (χ2n) is 4.32. The minimum atomic E-state index is 0.306. The number of nitrogens with two attached hydrogens (primary N) is 1. The number of nitrogens with zero attached hydrogens (tertiary/aromatic N) is 1. The maximum Gasteiger partial charge on any atom is 0.120 e. The van der Waals surface area contributed by atoms with Crippen LogP contribution in [0.5, 0.6) is 5.75 Å². The Bertz CT molecular complexity index is 362. The van der Waals surface area contributed by atoms with Crippen molar-refractivity contribution in [2.45, 2.75) is 19.0 Å². The highest BCUT2D eigenvalue weighted by atomic mass is 16.5. The highest BCUT2D eigenvalue weighted by Crippen LogP contribution is 2.23. The van der Waals surface area contributed by atoms with Gasteiger partial charge in [0, 0.05) is 30.4 Å². The number of phenols is 1. The molecule has 0 aromatic heterocycles. The highest BCUT2D eigenvalue weighted by Gasteiger charge is 2.20. The van der Waals surface area contributed by atoms with Crippen molar-refractivity contribution in [2.75, 3.05) is 26.0 Å². The summed E-state index contributed by atoms with van der Waals surface area (Å²) in [6.07, 6.45) is 1.06. The van der Waals surface area contributed by atoms with Gasteiger partial charge in [0.05, 0.1) is 6.61 Å². The zero-order valence-corrected chi connectivity index (χ0v) is 9.52. The largest absolute Gasteiger partial charge is 0.508 e. The Balaban J connectivity index is 2.04. The average molecular weight is 222 g/mol. The summed E-state index contributed by atoms with van der Waals surface area (Å²) in [6.45, 7) is 2.31. The molecule has 1 aromatic rings. The van der Waals surface area contributed by atoms with Crippen molar-refractivity contribution in [3.63, 3.8) is 0 Å². The number of anilines is 1. The van der Waals surface area contributed by atoms with Crippen molar-refractivity contribution in [3.05, 3.63) is 23.8 Å². The average Bonchev–Trinajstić information content (AvgIpc) is 2.76. The fraction of sp³-hybridized carbons (Fsp3) is 0.500. The molecule has 16 heavy (non-hydrogen) atoms. The van der Waals surface area contributed by atoms with E-state index < -0.39 is 0 Å². The zero-order chi connectivity index (χ0) is 11.5. The molecule has 1 unspecified atom stereocenters. The highest BCUT2D eigenvalue weighted by molar-refractivity contribution is 5.47. The number of aromatic hydroxyl groups is 1. The van der Waals surface area contributed by atoms with Crippen LogP contribution < -0.4 is 5.73 Å². The van der Waals surface area contributed by atoms with Crippen molar-refractivity contribution in [1.82, 2.24) is 4.90 Å². The molecule has 1 atom stereocenters. The third-order valence-electron chi connectivity index (χ3n) is 3.05. The molecule has 4 nitrogen and oxygen atoms in total. The Morgan fingerprint density at radius 3 is 3.06 bits per heavy atom. The first kappa shape index (κ1) is 11.2. The lowest BCUT2D eigenvalue weighted by Gasteiger charge is -2.23. The fourth-order valence-electron chi connectivity index (χ4n) is 2.00. The van der Waals surface area contributed by atoms with Crippen molar-refractivity contribution < 1.29 is 9.84 Å². The molecule has 88 valence electrons. The Morgan fingerprint density at radius 1 is 1.56 bits per heavy atom. The molecule has 1 aliphatic heterocycles. The van der Waals surface area contributed by atoms with E-state index in [0.29, 0.717) is 24.0 Å². The van der Waals surface area contributed by atoms with Crippen LogP contribution >= 0.6 is 0 Å². The first-order valence-electron chi connectivity index (χ1n) is 5.52. The van der Waals surface area contributed by atoms with Gasteiger partial charge in [-0.15, -0.1) is 0 Å². The maximum absolute atomic E-state index is 9.71. The van der Waals surface area contributed by atoms with Gasteiger partial charge in [-0.2, -0.15) is 0 Å². The van der Waals surface area contributed by atoms with Crippen LogP contribution in [0, 0.1) is 0 Å². The van der Waals surface area contributed by atoms with Gasteiger partial charge in [-0.25, -0.2) is 0 Å². The molecule has 1 aliphatic rings. The molecule has 4 heteroatoms. The molecule has 1 saturated heterocycles. The van der Waals surface area contributed by atoms with Crippen LogP contribution in [-0.2, 0) is 11.3 Å². The number of likely N-dealkylation sites (N-methyl/N-ethyl adjacent to an activating group) is 1. The molecular weight excluding hydrogens is 204 g/mol. The summed E-state index contributed by atoms with van der Waals surface area (Å²) in [5, 5.41) is 9.71. The first-order valence-corrected chi connectivity index (χ1v) is 5.52. The Kier molecular flexibility index (Phi) is 3.31. The predicted molar refractivity (Wildman–Crippen MR) is 63.2 cm³/mol. The summed E-state index contributed by atoms with van der Waals surface area (Å²) in [4.78, 5) is 2.20. The summed E-state index contributed by atoms with van der Waals surface area (Å²) in [6, 6.07) is 5.61. The van der Waals surface area contributed by atoms with E-state index in [-0.39, 0.29) is 0 Å². The molecule has 0 radical (unpaired) electrons. The molecule has 1 fully saturated rings. The summed E-state index contributed by atoms with van der Waals surface area (Å²) >= 11 is 0. The van der Waals surface area contributed by atoms with Crippen LogP contribution in [0.2, 0.25) is 0 Å². The van der Waals surface area contributed by atoms with Gasteiger partial charge < -0.3 is 15.6 Å². The van der Waals surface area contributed by atoms with Crippen molar-refractivity contribution in [3.8, 4) is 5.75 Å². The topological polar surface area (TPSA) is 58.7 Å². The fourth-order valence-corrected chi connectivity index (χ4v) is 2.00. The summed E-state index contributed by atoms with van der Waals surface area (Å²) < 4.78 is 5.34. The van der Waals surface area contributed by atoms with Gasteiger partial charge in [-0.3, -0.25) is 4.90 Å². The molecule has 0 spiro atoms. The van der Waals surface area contributed by atoms with E-state index in [1.165, 1.54) is 0 Å². The normalized spacial score (nSPS) is 20.5. The lowest BCUT2D eigenvalue weighted by atomic mass is 10.1. The number of phenolic OH excluding ortho intramolecular Hbond substituents is 1. The van der Waals surface area contributed by atoms with E-state index in [9.17, 15) is 5.11 Å². The van der Waals surface area contributed by atoms with Crippen LogP contribution in [0.1, 0.15) is 12.0 Å². The molecular formula is C12H18N2O2. The third kappa shape index (κ3) is 2.46. The van der Waals surface area contributed by atoms with Crippen molar-refractivity contribution in [1.29, 1.82) is 0 Å². The molecule has 0 saturated carbocycles. The van der Waals surface area contributed by atoms with Gasteiger partial charge in [0.2, 0.25) is 0 Å². The summed E-state index contributed by atoms with van der Waals surface area (Å²) in [7, 11) is 2.04. The van der Waals surface area contributed by atoms with Crippen LogP contribution in [0.3, 0.4) is 0 Å². The number of ether oxygens (including phenoxy) is 1. The smallest absolute Gasteiger partial charge is 0.120 e. The lowest BCUT2D eigenvalue weighted by molar-refractivity contribution is 0.156. The standard InChI is InChI=1S/C12H18N2O2/c1-14(11-4-5-16-8-11)7-9-6-10(13)2-3-12(9)15/h2-3,6,11,15H,4-5,7-8,13H2,1H3. The summed E-state index contributed by atoms with van der Waals surface area (Å²) in [5.41, 5.74) is 7.26. The maximum atomic E-state index is 9.71. The van der Waals surface area contributed by atoms with E-state index >= 15 is 0 Å². The molecule has 0 bridgehead atoms. The number of nitrogen functional groups attached to an aromatic ring is 1. The number of rotatable bonds is 3. The SMILES string of the molecule is CN(Cc1cc(N)ccc1O)C1CCOC1. The Morgan fingerprint density at radius 2 is 2.38 bits per heavy atom. The molecule has 1 heterocycles. The van der Waals surface area contributed by atoms with Gasteiger partial charge >= 0.3 is 0 Å². The van der Waals surface area contributed by atoms with Crippen molar-refractivity contribution in [2.24, 2.45) is 0 Å². The van der Waals surface area contributed by atoms with E-state index in [1.807, 2.05) is 13.1 Å². The van der Waals surface area contributed by atoms with Crippen molar-refractivity contribution >= 4 is 5.69 Å². The monoisotopic (exact) mass is 222 g/mol. The van der Waals surface area contributed by atoms with Gasteiger partial charge in [0.25, 0.3) is 0 Å². The van der Waals surface area contributed by atoms with Gasteiger partial charge in [0.15, 0.2) is 0 Å². The summed E-state index contributed by atoms with van der Waals surface area (Å²) in [5.74, 6) is 0.306. The Hall–Kier alpha value is -1.26. The minimum absolute atomic E-state index is 0.306. The lowest BCUT2D eigenvalue weighted by Crippen LogP contribution is -2.31.